The Labute approximate surface area is 222 Å². The van der Waals surface area contributed by atoms with E-state index in [1.54, 1.807) is 23.7 Å². The van der Waals surface area contributed by atoms with E-state index in [2.05, 4.69) is 32.0 Å². The molecule has 0 aliphatic carbocycles. The quantitative estimate of drug-likeness (QED) is 0.453. The molecule has 2 saturated heterocycles. The number of rotatable bonds is 5. The van der Waals surface area contributed by atoms with Crippen LogP contribution in [0, 0.1) is 5.92 Å². The Balaban J connectivity index is 0.000000317. The van der Waals surface area contributed by atoms with Crippen LogP contribution in [0.2, 0.25) is 0 Å². The number of carbonyl (C=O) groups excluding carboxylic acids is 1. The molecule has 16 heteroatoms. The SMILES string of the molecule is O=C(NCc1cccnc1)[C@@H]1C[C@@H]2CCN(Cc3ccsc3)C[C@@H]2O1.O=C(O)C(F)(F)F.O=C(O)C(F)(F)F. The van der Waals surface area contributed by atoms with Gasteiger partial charge in [-0.2, -0.15) is 37.7 Å². The van der Waals surface area contributed by atoms with Gasteiger partial charge in [-0.3, -0.25) is 14.7 Å². The third kappa shape index (κ3) is 11.2. The Morgan fingerprint density at radius 2 is 1.72 bits per heavy atom. The van der Waals surface area contributed by atoms with E-state index in [4.69, 9.17) is 24.5 Å². The smallest absolute Gasteiger partial charge is 0.475 e. The lowest BCUT2D eigenvalue weighted by Crippen LogP contribution is -2.42. The van der Waals surface area contributed by atoms with E-state index in [0.29, 0.717) is 12.5 Å². The molecule has 0 radical (unpaired) electrons. The minimum atomic E-state index is -5.08. The fraction of sp³-hybridized carbons (Fsp3) is 0.478. The van der Waals surface area contributed by atoms with Crippen molar-refractivity contribution in [3.05, 3.63) is 52.5 Å². The first-order chi connectivity index (χ1) is 18.2. The summed E-state index contributed by atoms with van der Waals surface area (Å²) in [5.41, 5.74) is 2.38. The van der Waals surface area contributed by atoms with Crippen LogP contribution in [-0.2, 0) is 32.2 Å². The number of carboxylic acid groups (broad SMARTS) is 2. The number of likely N-dealkylation sites (tertiary alicyclic amines) is 1. The van der Waals surface area contributed by atoms with Gasteiger partial charge >= 0.3 is 24.3 Å². The highest BCUT2D eigenvalue weighted by atomic mass is 32.1. The van der Waals surface area contributed by atoms with Gasteiger partial charge in [0.05, 0.1) is 6.10 Å². The van der Waals surface area contributed by atoms with Gasteiger partial charge in [0.15, 0.2) is 0 Å². The Morgan fingerprint density at radius 1 is 1.08 bits per heavy atom. The number of fused-ring (bicyclic) bond motifs is 1. The summed E-state index contributed by atoms with van der Waals surface area (Å²) in [5.74, 6) is -5.00. The normalized spacial score (nSPS) is 20.9. The first-order valence-corrected chi connectivity index (χ1v) is 12.3. The van der Waals surface area contributed by atoms with Crippen LogP contribution in [-0.4, -0.2) is 75.6 Å². The van der Waals surface area contributed by atoms with Crippen LogP contribution < -0.4 is 5.32 Å². The molecule has 0 unspecified atom stereocenters. The van der Waals surface area contributed by atoms with E-state index in [-0.39, 0.29) is 18.1 Å². The number of hydrogen-bond donors (Lipinski definition) is 3. The van der Waals surface area contributed by atoms with Gasteiger partial charge in [-0.15, -0.1) is 0 Å². The Hall–Kier alpha value is -3.24. The van der Waals surface area contributed by atoms with Gasteiger partial charge in [0, 0.05) is 32.0 Å². The molecule has 2 fully saturated rings. The zero-order valence-corrected chi connectivity index (χ0v) is 20.9. The molecule has 4 heterocycles. The molecule has 39 heavy (non-hydrogen) atoms. The highest BCUT2D eigenvalue weighted by Crippen LogP contribution is 2.34. The lowest BCUT2D eigenvalue weighted by molar-refractivity contribution is -0.193. The average molecular weight is 586 g/mol. The lowest BCUT2D eigenvalue weighted by atomic mass is 9.91. The van der Waals surface area contributed by atoms with Gasteiger partial charge in [0.2, 0.25) is 5.91 Å². The molecule has 216 valence electrons. The number of thiophene rings is 1. The van der Waals surface area contributed by atoms with Crippen LogP contribution in [0.1, 0.15) is 24.0 Å². The number of nitrogens with zero attached hydrogens (tertiary/aromatic N) is 2. The molecule has 2 aliphatic heterocycles. The second-order valence-electron chi connectivity index (χ2n) is 8.50. The maximum absolute atomic E-state index is 12.4. The van der Waals surface area contributed by atoms with E-state index in [9.17, 15) is 31.1 Å². The monoisotopic (exact) mass is 585 g/mol. The van der Waals surface area contributed by atoms with Crippen molar-refractivity contribution >= 4 is 29.2 Å². The summed E-state index contributed by atoms with van der Waals surface area (Å²) in [6.07, 6.45) is -4.83. The number of piperidine rings is 1. The van der Waals surface area contributed by atoms with Crippen molar-refractivity contribution in [3.8, 4) is 0 Å². The second kappa shape index (κ2) is 14.2. The maximum atomic E-state index is 12.4. The van der Waals surface area contributed by atoms with Crippen LogP contribution >= 0.6 is 11.3 Å². The van der Waals surface area contributed by atoms with Crippen LogP contribution in [0.5, 0.6) is 0 Å². The molecule has 0 spiro atoms. The number of nitrogens with one attached hydrogen (secondary N) is 1. The van der Waals surface area contributed by atoms with Gasteiger partial charge in [-0.1, -0.05) is 6.07 Å². The summed E-state index contributed by atoms with van der Waals surface area (Å²) in [6, 6.07) is 6.02. The number of alkyl halides is 6. The number of amides is 1. The molecule has 1 amide bonds. The van der Waals surface area contributed by atoms with Crippen LogP contribution in [0.4, 0.5) is 26.3 Å². The summed E-state index contributed by atoms with van der Waals surface area (Å²) in [6.45, 7) is 3.50. The molecule has 3 N–H and O–H groups in total. The van der Waals surface area contributed by atoms with Gasteiger partial charge in [0.1, 0.15) is 6.10 Å². The lowest BCUT2D eigenvalue weighted by Gasteiger charge is -2.33. The predicted octanol–water partition coefficient (Wildman–Crippen LogP) is 3.71. The highest BCUT2D eigenvalue weighted by molar-refractivity contribution is 7.07. The molecule has 4 rings (SSSR count). The zero-order chi connectivity index (χ0) is 29.2. The first-order valence-electron chi connectivity index (χ1n) is 11.3. The number of aromatic nitrogens is 1. The summed E-state index contributed by atoms with van der Waals surface area (Å²) in [7, 11) is 0. The van der Waals surface area contributed by atoms with Gasteiger partial charge < -0.3 is 20.3 Å². The predicted molar refractivity (Wildman–Crippen MR) is 124 cm³/mol. The molecule has 9 nitrogen and oxygen atoms in total. The first kappa shape index (κ1) is 32.0. The molecular formula is C23H25F6N3O6S. The van der Waals surface area contributed by atoms with Crippen molar-refractivity contribution in [3.63, 3.8) is 0 Å². The van der Waals surface area contributed by atoms with Gasteiger partial charge in [-0.05, 0) is 59.3 Å². The standard InChI is InChI=1S/C19H23N3O2S.2C2HF3O2/c23-19(21-10-14-2-1-5-20-9-14)17-8-16-3-6-22(12-18(16)24-17)11-15-4-7-25-13-15;2*3-2(4,5)1(6)7/h1-2,4-5,7,9,13,16-18H,3,6,8,10-12H2,(H,21,23);2*(H,6,7)/t16-,17-,18-;;/m0../s1. The highest BCUT2D eigenvalue weighted by Gasteiger charge is 2.42. The number of hydrogen-bond acceptors (Lipinski definition) is 7. The second-order valence-corrected chi connectivity index (χ2v) is 9.28. The average Bonchev–Trinajstić information content (AvgIpc) is 3.52. The number of pyridine rings is 1. The van der Waals surface area contributed by atoms with Gasteiger partial charge in [0.25, 0.3) is 0 Å². The van der Waals surface area contributed by atoms with E-state index in [0.717, 1.165) is 38.0 Å². The van der Waals surface area contributed by atoms with Crippen molar-refractivity contribution in [1.29, 1.82) is 0 Å². The molecule has 0 saturated carbocycles. The number of aliphatic carboxylic acids is 2. The largest absolute Gasteiger partial charge is 0.490 e. The topological polar surface area (TPSA) is 129 Å². The number of ether oxygens (including phenoxy) is 1. The van der Waals surface area contributed by atoms with Crippen molar-refractivity contribution in [1.82, 2.24) is 15.2 Å². The molecular weight excluding hydrogens is 560 g/mol. The molecule has 2 aromatic rings. The van der Waals surface area contributed by atoms with E-state index >= 15 is 0 Å². The van der Waals surface area contributed by atoms with Crippen LogP contribution in [0.15, 0.2) is 41.4 Å². The van der Waals surface area contributed by atoms with Crippen LogP contribution in [0.25, 0.3) is 0 Å². The Bertz CT molecular complexity index is 1040. The van der Waals surface area contributed by atoms with Crippen molar-refractivity contribution in [2.24, 2.45) is 5.92 Å². The Kier molecular flexibility index (Phi) is 11.7. The van der Waals surface area contributed by atoms with Crippen molar-refractivity contribution in [2.75, 3.05) is 13.1 Å². The van der Waals surface area contributed by atoms with E-state index < -0.39 is 24.3 Å². The molecule has 3 atom stereocenters. The summed E-state index contributed by atoms with van der Waals surface area (Å²) >= 11 is 1.74. The third-order valence-electron chi connectivity index (χ3n) is 5.59. The minimum Gasteiger partial charge on any atom is -0.475 e. The fourth-order valence-corrected chi connectivity index (χ4v) is 4.41. The number of carboxylic acids is 2. The summed E-state index contributed by atoms with van der Waals surface area (Å²) in [5, 5.41) is 21.6. The molecule has 2 aliphatic rings. The van der Waals surface area contributed by atoms with Crippen molar-refractivity contribution < 1.29 is 55.7 Å². The Morgan fingerprint density at radius 3 is 2.23 bits per heavy atom. The van der Waals surface area contributed by atoms with E-state index in [1.165, 1.54) is 5.56 Å². The third-order valence-corrected chi connectivity index (χ3v) is 6.32. The minimum absolute atomic E-state index is 0.00244. The van der Waals surface area contributed by atoms with Gasteiger partial charge in [-0.25, -0.2) is 9.59 Å². The molecule has 0 bridgehead atoms. The summed E-state index contributed by atoms with van der Waals surface area (Å²) < 4.78 is 69.6. The number of carbonyl (C=O) groups is 3. The summed E-state index contributed by atoms with van der Waals surface area (Å²) in [4.78, 5) is 36.7. The molecule has 0 aromatic carbocycles. The number of halogens is 6. The zero-order valence-electron chi connectivity index (χ0n) is 20.1. The molecule has 2 aromatic heterocycles. The van der Waals surface area contributed by atoms with E-state index in [1.807, 2.05) is 12.1 Å². The van der Waals surface area contributed by atoms with Crippen LogP contribution in [0.3, 0.4) is 0 Å². The fourth-order valence-electron chi connectivity index (χ4n) is 3.75. The van der Waals surface area contributed by atoms with Crippen molar-refractivity contribution in [2.45, 2.75) is 50.5 Å². The maximum Gasteiger partial charge on any atom is 0.490 e.